The van der Waals surface area contributed by atoms with Crippen LogP contribution in [-0.4, -0.2) is 25.5 Å². The molecule has 0 heterocycles. The number of halogens is 4. The fourth-order valence-corrected chi connectivity index (χ4v) is 1.16. The van der Waals surface area contributed by atoms with Gasteiger partial charge in [-0.15, -0.1) is 0 Å². The molecular formula is C10H9F4N3O3. The van der Waals surface area contributed by atoms with Crippen molar-refractivity contribution in [3.63, 3.8) is 0 Å². The molecule has 0 saturated carbocycles. The van der Waals surface area contributed by atoms with Gasteiger partial charge in [-0.3, -0.25) is 0 Å². The first-order valence-corrected chi connectivity index (χ1v) is 5.00. The zero-order valence-corrected chi connectivity index (χ0v) is 9.73. The maximum Gasteiger partial charge on any atom is 0.387 e. The lowest BCUT2D eigenvalue weighted by atomic mass is 10.2. The molecule has 1 aromatic carbocycles. The molecule has 3 N–H and O–H groups in total. The zero-order chi connectivity index (χ0) is 15.1. The number of carbonyl (C=O) groups is 1. The first kappa shape index (κ1) is 15.5. The molecule has 0 aliphatic carbocycles. The predicted octanol–water partition coefficient (Wildman–Crippen LogP) is 1.89. The zero-order valence-electron chi connectivity index (χ0n) is 9.73. The molecule has 20 heavy (non-hydrogen) atoms. The van der Waals surface area contributed by atoms with Crippen LogP contribution in [0.15, 0.2) is 23.3 Å². The number of urea groups is 1. The Morgan fingerprint density at radius 3 is 2.35 bits per heavy atom. The van der Waals surface area contributed by atoms with Crippen LogP contribution in [0.2, 0.25) is 0 Å². The summed E-state index contributed by atoms with van der Waals surface area (Å²) in [6, 6.07) is 2.29. The molecule has 0 radical (unpaired) electrons. The molecule has 1 aromatic rings. The number of hydrazone groups is 1. The van der Waals surface area contributed by atoms with E-state index in [1.807, 2.05) is 5.43 Å². The lowest BCUT2D eigenvalue weighted by molar-refractivity contribution is -0.0692. The number of benzene rings is 1. The third kappa shape index (κ3) is 5.42. The Hall–Kier alpha value is -2.52. The molecule has 0 spiro atoms. The van der Waals surface area contributed by atoms with Crippen molar-refractivity contribution in [2.45, 2.75) is 13.2 Å². The van der Waals surface area contributed by atoms with E-state index in [0.29, 0.717) is 0 Å². The number of alkyl halides is 4. The van der Waals surface area contributed by atoms with E-state index in [1.54, 1.807) is 0 Å². The average Bonchev–Trinajstić information content (AvgIpc) is 2.30. The number of nitrogens with two attached hydrogens (primary N) is 1. The third-order valence-corrected chi connectivity index (χ3v) is 1.79. The van der Waals surface area contributed by atoms with Crippen LogP contribution in [0.4, 0.5) is 22.4 Å². The Kier molecular flexibility index (Phi) is 5.56. The van der Waals surface area contributed by atoms with Crippen LogP contribution in [0, 0.1) is 0 Å². The fraction of sp³-hybridized carbons (Fsp3) is 0.200. The van der Waals surface area contributed by atoms with Crippen molar-refractivity contribution in [1.29, 1.82) is 0 Å². The van der Waals surface area contributed by atoms with Gasteiger partial charge in [0.25, 0.3) is 0 Å². The van der Waals surface area contributed by atoms with Gasteiger partial charge in [-0.05, 0) is 23.8 Å². The molecule has 0 aliphatic heterocycles. The first-order valence-electron chi connectivity index (χ1n) is 5.00. The van der Waals surface area contributed by atoms with E-state index in [2.05, 4.69) is 14.6 Å². The fourth-order valence-electron chi connectivity index (χ4n) is 1.16. The maximum absolute atomic E-state index is 12.2. The lowest BCUT2D eigenvalue weighted by Crippen LogP contribution is -2.24. The quantitative estimate of drug-likeness (QED) is 0.477. The number of amides is 2. The van der Waals surface area contributed by atoms with Crippen LogP contribution < -0.4 is 20.6 Å². The van der Waals surface area contributed by atoms with E-state index in [4.69, 9.17) is 5.73 Å². The summed E-state index contributed by atoms with van der Waals surface area (Å²) < 4.78 is 56.5. The summed E-state index contributed by atoms with van der Waals surface area (Å²) in [7, 11) is 0. The molecule has 2 amide bonds. The average molecular weight is 295 g/mol. The number of nitrogens with one attached hydrogen (secondary N) is 1. The number of rotatable bonds is 6. The number of carbonyl (C=O) groups excluding carboxylic acids is 1. The van der Waals surface area contributed by atoms with Gasteiger partial charge in [-0.1, -0.05) is 0 Å². The highest BCUT2D eigenvalue weighted by molar-refractivity contribution is 5.82. The molecule has 0 aliphatic rings. The van der Waals surface area contributed by atoms with Gasteiger partial charge in [0, 0.05) is 0 Å². The monoisotopic (exact) mass is 295 g/mol. The van der Waals surface area contributed by atoms with E-state index >= 15 is 0 Å². The summed E-state index contributed by atoms with van der Waals surface area (Å²) in [6.07, 6.45) is 1.05. The van der Waals surface area contributed by atoms with E-state index in [1.165, 1.54) is 6.07 Å². The summed E-state index contributed by atoms with van der Waals surface area (Å²) in [5.41, 5.74) is 6.80. The number of hydrogen-bond acceptors (Lipinski definition) is 4. The van der Waals surface area contributed by atoms with Gasteiger partial charge in [0.2, 0.25) is 0 Å². The van der Waals surface area contributed by atoms with Crippen molar-refractivity contribution in [2.24, 2.45) is 10.8 Å². The van der Waals surface area contributed by atoms with Crippen molar-refractivity contribution in [3.05, 3.63) is 23.8 Å². The summed E-state index contributed by atoms with van der Waals surface area (Å²) in [4.78, 5) is 10.3. The van der Waals surface area contributed by atoms with Gasteiger partial charge < -0.3 is 15.2 Å². The van der Waals surface area contributed by atoms with Crippen LogP contribution in [-0.2, 0) is 0 Å². The minimum Gasteiger partial charge on any atom is -0.431 e. The molecule has 10 heteroatoms. The van der Waals surface area contributed by atoms with E-state index in [0.717, 1.165) is 18.3 Å². The van der Waals surface area contributed by atoms with Gasteiger partial charge in [0.05, 0.1) is 6.21 Å². The van der Waals surface area contributed by atoms with Crippen molar-refractivity contribution in [3.8, 4) is 11.5 Å². The second-order valence-corrected chi connectivity index (χ2v) is 3.20. The topological polar surface area (TPSA) is 85.9 Å². The minimum absolute atomic E-state index is 0.191. The molecule has 0 saturated heterocycles. The SMILES string of the molecule is NC(=O)NN=Cc1ccc(OC(F)F)c(OC(F)F)c1. The summed E-state index contributed by atoms with van der Waals surface area (Å²) in [6.45, 7) is -6.41. The molecule has 6 nitrogen and oxygen atoms in total. The third-order valence-electron chi connectivity index (χ3n) is 1.79. The van der Waals surface area contributed by atoms with Crippen LogP contribution >= 0.6 is 0 Å². The maximum atomic E-state index is 12.2. The van der Waals surface area contributed by atoms with Crippen molar-refractivity contribution in [1.82, 2.24) is 5.43 Å². The predicted molar refractivity (Wildman–Crippen MR) is 60.0 cm³/mol. The largest absolute Gasteiger partial charge is 0.431 e. The Morgan fingerprint density at radius 1 is 1.20 bits per heavy atom. The van der Waals surface area contributed by atoms with Crippen LogP contribution in [0.25, 0.3) is 0 Å². The Bertz CT molecular complexity index is 497. The number of primary amides is 1. The van der Waals surface area contributed by atoms with Crippen molar-refractivity contribution < 1.29 is 31.8 Å². The van der Waals surface area contributed by atoms with Crippen molar-refractivity contribution >= 4 is 12.2 Å². The Morgan fingerprint density at radius 2 is 1.80 bits per heavy atom. The molecule has 0 aromatic heterocycles. The van der Waals surface area contributed by atoms with Gasteiger partial charge in [-0.2, -0.15) is 22.7 Å². The number of nitrogens with zero attached hydrogens (tertiary/aromatic N) is 1. The normalized spacial score (nSPS) is 11.1. The molecular weight excluding hydrogens is 286 g/mol. The van der Waals surface area contributed by atoms with E-state index < -0.39 is 30.8 Å². The van der Waals surface area contributed by atoms with E-state index in [-0.39, 0.29) is 5.56 Å². The van der Waals surface area contributed by atoms with Gasteiger partial charge in [0.1, 0.15) is 0 Å². The molecule has 0 bridgehead atoms. The number of hydrogen-bond donors (Lipinski definition) is 2. The molecule has 0 unspecified atom stereocenters. The molecule has 0 atom stereocenters. The van der Waals surface area contributed by atoms with Gasteiger partial charge >= 0.3 is 19.3 Å². The standard InChI is InChI=1S/C10H9F4N3O3/c11-8(12)19-6-2-1-5(4-16-17-10(15)18)3-7(6)20-9(13)14/h1-4,8-9H,(H3,15,17,18). The Labute approximate surface area is 110 Å². The molecule has 1 rings (SSSR count). The number of ether oxygens (including phenoxy) is 2. The Balaban J connectivity index is 2.94. The van der Waals surface area contributed by atoms with E-state index in [9.17, 15) is 22.4 Å². The minimum atomic E-state index is -3.22. The van der Waals surface area contributed by atoms with Crippen LogP contribution in [0.1, 0.15) is 5.56 Å². The van der Waals surface area contributed by atoms with Crippen molar-refractivity contribution in [2.75, 3.05) is 0 Å². The highest BCUT2D eigenvalue weighted by Crippen LogP contribution is 2.30. The molecule has 110 valence electrons. The van der Waals surface area contributed by atoms with Gasteiger partial charge in [0.15, 0.2) is 11.5 Å². The highest BCUT2D eigenvalue weighted by atomic mass is 19.3. The molecule has 0 fully saturated rings. The smallest absolute Gasteiger partial charge is 0.387 e. The highest BCUT2D eigenvalue weighted by Gasteiger charge is 2.14. The summed E-state index contributed by atoms with van der Waals surface area (Å²) in [5.74, 6) is -1.15. The van der Waals surface area contributed by atoms with Crippen LogP contribution in [0.5, 0.6) is 11.5 Å². The van der Waals surface area contributed by atoms with Gasteiger partial charge in [-0.25, -0.2) is 10.2 Å². The van der Waals surface area contributed by atoms with Crippen LogP contribution in [0.3, 0.4) is 0 Å². The lowest BCUT2D eigenvalue weighted by Gasteiger charge is -2.11. The summed E-state index contributed by atoms with van der Waals surface area (Å²) in [5, 5.41) is 3.37. The second-order valence-electron chi connectivity index (χ2n) is 3.20. The summed E-state index contributed by atoms with van der Waals surface area (Å²) >= 11 is 0. The first-order chi connectivity index (χ1) is 9.38. The second kappa shape index (κ2) is 7.16.